The molecule has 0 spiro atoms. The molecular formula is C28H25F17N2O2. The highest BCUT2D eigenvalue weighted by atomic mass is 19.4. The van der Waals surface area contributed by atoms with Crippen LogP contribution in [0.25, 0.3) is 11.4 Å². The zero-order chi connectivity index (χ0) is 37.8. The first kappa shape index (κ1) is 41.7. The summed E-state index contributed by atoms with van der Waals surface area (Å²) in [6, 6.07) is 5.44. The summed E-state index contributed by atoms with van der Waals surface area (Å²) in [4.78, 5) is 20.2. The van der Waals surface area contributed by atoms with Crippen LogP contribution >= 0.6 is 0 Å². The minimum atomic E-state index is -8.51. The van der Waals surface area contributed by atoms with Gasteiger partial charge < -0.3 is 4.74 Å². The monoisotopic (exact) mass is 744 g/mol. The molecule has 4 nitrogen and oxygen atoms in total. The number of unbranched alkanes of at least 4 members (excludes halogenated alkanes) is 2. The fourth-order valence-corrected chi connectivity index (χ4v) is 3.98. The summed E-state index contributed by atoms with van der Waals surface area (Å²) in [5, 5.41) is 0. The van der Waals surface area contributed by atoms with Gasteiger partial charge in [0.25, 0.3) is 6.43 Å². The Balaban J connectivity index is 2.14. The molecule has 278 valence electrons. The maximum absolute atomic E-state index is 14.0. The number of aromatic nitrogens is 2. The average Bonchev–Trinajstić information content (AvgIpc) is 3.03. The Morgan fingerprint density at radius 1 is 0.673 bits per heavy atom. The third-order valence-corrected chi connectivity index (χ3v) is 7.01. The summed E-state index contributed by atoms with van der Waals surface area (Å²) < 4.78 is 234. The third kappa shape index (κ3) is 8.15. The molecule has 0 amide bonds. The molecule has 0 N–H and O–H groups in total. The van der Waals surface area contributed by atoms with Gasteiger partial charge in [0.1, 0.15) is 0 Å². The summed E-state index contributed by atoms with van der Waals surface area (Å²) in [7, 11) is 0. The number of aryl methyl sites for hydroxylation is 2. The normalized spacial score (nSPS) is 15.7. The second-order valence-electron chi connectivity index (χ2n) is 10.6. The van der Waals surface area contributed by atoms with Crippen molar-refractivity contribution in [1.82, 2.24) is 9.97 Å². The molecule has 2 rings (SSSR count). The number of hydrogen-bond donors (Lipinski definition) is 0. The zero-order valence-corrected chi connectivity index (χ0v) is 24.7. The lowest BCUT2D eigenvalue weighted by Gasteiger charge is -2.42. The Morgan fingerprint density at radius 2 is 1.16 bits per heavy atom. The quantitative estimate of drug-likeness (QED) is 0.0868. The highest BCUT2D eigenvalue weighted by Gasteiger charge is 2.92. The lowest BCUT2D eigenvalue weighted by molar-refractivity contribution is -0.439. The van der Waals surface area contributed by atoms with Crippen LogP contribution < -0.4 is 0 Å². The molecule has 0 aliphatic rings. The molecule has 1 heterocycles. The number of alkyl halides is 17. The highest BCUT2D eigenvalue weighted by molar-refractivity contribution is 5.70. The second-order valence-corrected chi connectivity index (χ2v) is 10.6. The SMILES string of the molecule is CCCCCc1cnc(-c2ccc(CCC(=O)OC(F)C(F)(F)C(F)(F)C(F)(F)C(F)(F)C(F)(F)C(F)(F)C(F)C(F)C(F)F)cc2)nc1. The van der Waals surface area contributed by atoms with E-state index in [1.165, 1.54) is 24.3 Å². The van der Waals surface area contributed by atoms with Crippen molar-refractivity contribution >= 4 is 5.97 Å². The summed E-state index contributed by atoms with van der Waals surface area (Å²) in [6.45, 7) is 2.02. The van der Waals surface area contributed by atoms with Gasteiger partial charge in [0, 0.05) is 24.4 Å². The van der Waals surface area contributed by atoms with Gasteiger partial charge in [-0.2, -0.15) is 57.1 Å². The van der Waals surface area contributed by atoms with Crippen LogP contribution in [0.15, 0.2) is 36.7 Å². The van der Waals surface area contributed by atoms with E-state index in [4.69, 9.17) is 0 Å². The Labute approximate surface area is 266 Å². The second kappa shape index (κ2) is 15.2. The van der Waals surface area contributed by atoms with E-state index in [0.717, 1.165) is 31.2 Å². The first-order chi connectivity index (χ1) is 22.3. The van der Waals surface area contributed by atoms with Gasteiger partial charge in [-0.25, -0.2) is 27.5 Å². The number of halogens is 17. The van der Waals surface area contributed by atoms with E-state index in [0.29, 0.717) is 5.56 Å². The molecule has 0 fully saturated rings. The lowest BCUT2D eigenvalue weighted by atomic mass is 9.89. The van der Waals surface area contributed by atoms with Gasteiger partial charge in [0.05, 0.1) is 0 Å². The third-order valence-electron chi connectivity index (χ3n) is 7.01. The maximum Gasteiger partial charge on any atom is 0.385 e. The van der Waals surface area contributed by atoms with Crippen LogP contribution in [0.1, 0.15) is 43.7 Å². The van der Waals surface area contributed by atoms with E-state index in [-0.39, 0.29) is 11.4 Å². The number of benzene rings is 1. The van der Waals surface area contributed by atoms with Gasteiger partial charge in [-0.05, 0) is 30.4 Å². The van der Waals surface area contributed by atoms with Crippen molar-refractivity contribution in [3.05, 3.63) is 47.8 Å². The largest absolute Gasteiger partial charge is 0.424 e. The Bertz CT molecular complexity index is 1370. The Morgan fingerprint density at radius 3 is 1.63 bits per heavy atom. The summed E-state index contributed by atoms with van der Waals surface area (Å²) in [5.74, 6) is -50.4. The van der Waals surface area contributed by atoms with Gasteiger partial charge in [0.15, 0.2) is 12.0 Å². The molecule has 3 atom stereocenters. The van der Waals surface area contributed by atoms with Gasteiger partial charge in [0.2, 0.25) is 6.17 Å². The fraction of sp³-hybridized carbons (Fsp3) is 0.607. The molecule has 2 aromatic rings. The number of hydrogen-bond acceptors (Lipinski definition) is 4. The molecule has 1 aromatic carbocycles. The van der Waals surface area contributed by atoms with Crippen LogP contribution in [0, 0.1) is 0 Å². The molecule has 3 unspecified atom stereocenters. The van der Waals surface area contributed by atoms with Crippen LogP contribution in [-0.2, 0) is 22.4 Å². The first-order valence-corrected chi connectivity index (χ1v) is 13.9. The average molecular weight is 744 g/mol. The number of esters is 1. The predicted octanol–water partition coefficient (Wildman–Crippen LogP) is 9.40. The summed E-state index contributed by atoms with van der Waals surface area (Å²) in [5.41, 5.74) is 1.48. The van der Waals surface area contributed by atoms with E-state index in [2.05, 4.69) is 14.7 Å². The molecule has 0 radical (unpaired) electrons. The molecule has 0 aliphatic carbocycles. The standard InChI is InChI=1S/C28H25F17N2O2/c1-2-3-4-5-15-12-46-21(47-13-15)16-9-6-14(7-10-16)8-11-17(48)49-22(33)24(36,37)26(40,41)28(44,45)27(42,43)25(38,39)23(34,35)19(30)18(29)20(31)32/h6-7,9-10,12-13,18-20,22H,2-5,8,11H2,1H3. The van der Waals surface area contributed by atoms with Crippen molar-refractivity contribution in [2.45, 2.75) is 106 Å². The topological polar surface area (TPSA) is 52.1 Å². The van der Waals surface area contributed by atoms with Gasteiger partial charge in [-0.3, -0.25) is 4.79 Å². The smallest absolute Gasteiger partial charge is 0.385 e. The van der Waals surface area contributed by atoms with Gasteiger partial charge in [-0.15, -0.1) is 0 Å². The number of ether oxygens (including phenoxy) is 1. The highest BCUT2D eigenvalue weighted by Crippen LogP contribution is 2.61. The molecule has 0 saturated heterocycles. The molecule has 49 heavy (non-hydrogen) atoms. The number of rotatable bonds is 18. The first-order valence-electron chi connectivity index (χ1n) is 13.9. The minimum absolute atomic E-state index is 0.173. The van der Waals surface area contributed by atoms with Crippen molar-refractivity contribution in [3.63, 3.8) is 0 Å². The van der Waals surface area contributed by atoms with E-state index < -0.39 is 79.5 Å². The number of carbonyl (C=O) groups is 1. The predicted molar refractivity (Wildman–Crippen MR) is 135 cm³/mol. The van der Waals surface area contributed by atoms with Crippen molar-refractivity contribution in [1.29, 1.82) is 0 Å². The fourth-order valence-electron chi connectivity index (χ4n) is 3.98. The molecule has 0 aliphatic heterocycles. The van der Waals surface area contributed by atoms with E-state index in [1.807, 2.05) is 6.92 Å². The Hall–Kier alpha value is -3.42. The summed E-state index contributed by atoms with van der Waals surface area (Å²) >= 11 is 0. The van der Waals surface area contributed by atoms with Crippen LogP contribution in [0.2, 0.25) is 0 Å². The van der Waals surface area contributed by atoms with Crippen molar-refractivity contribution < 1.29 is 84.2 Å². The molecule has 0 bridgehead atoms. The molecule has 21 heteroatoms. The molecular weight excluding hydrogens is 719 g/mol. The van der Waals surface area contributed by atoms with Crippen molar-refractivity contribution in [3.8, 4) is 11.4 Å². The zero-order valence-electron chi connectivity index (χ0n) is 24.7. The molecule has 1 aromatic heterocycles. The van der Waals surface area contributed by atoms with Crippen LogP contribution in [0.5, 0.6) is 0 Å². The summed E-state index contributed by atoms with van der Waals surface area (Å²) in [6.07, 6.45) is -16.0. The lowest BCUT2D eigenvalue weighted by Crippen LogP contribution is -2.73. The Kier molecular flexibility index (Phi) is 13.0. The number of carbonyl (C=O) groups excluding carboxylic acids is 1. The van der Waals surface area contributed by atoms with Gasteiger partial charge in [-0.1, -0.05) is 44.0 Å². The van der Waals surface area contributed by atoms with Crippen molar-refractivity contribution in [2.24, 2.45) is 0 Å². The number of nitrogens with zero attached hydrogens (tertiary/aromatic N) is 2. The van der Waals surface area contributed by atoms with E-state index >= 15 is 0 Å². The maximum atomic E-state index is 14.0. The van der Waals surface area contributed by atoms with Crippen molar-refractivity contribution in [2.75, 3.05) is 0 Å². The van der Waals surface area contributed by atoms with Crippen LogP contribution in [0.4, 0.5) is 74.6 Å². The van der Waals surface area contributed by atoms with Crippen LogP contribution in [0.3, 0.4) is 0 Å². The van der Waals surface area contributed by atoms with Gasteiger partial charge >= 0.3 is 47.9 Å². The molecule has 0 saturated carbocycles. The van der Waals surface area contributed by atoms with Crippen LogP contribution in [-0.4, -0.2) is 76.6 Å². The van der Waals surface area contributed by atoms with E-state index in [1.54, 1.807) is 12.4 Å². The van der Waals surface area contributed by atoms with E-state index in [9.17, 15) is 79.4 Å². The minimum Gasteiger partial charge on any atom is -0.424 e.